The molecule has 0 spiro atoms. The summed E-state index contributed by atoms with van der Waals surface area (Å²) in [5, 5.41) is 2.56. The number of rotatable bonds is 2. The normalized spacial score (nSPS) is 7.25. The Bertz CT molecular complexity index is 68.3. The van der Waals surface area contributed by atoms with Gasteiger partial charge in [0.15, 0.2) is 0 Å². The average Bonchev–Trinajstić information content (AvgIpc) is 1.68. The molecule has 0 aliphatic heterocycles. The molecule has 3 N–H and O–H groups in total. The lowest BCUT2D eigenvalue weighted by atomic mass is 10.7. The van der Waals surface area contributed by atoms with Crippen molar-refractivity contribution < 1.29 is 9.63 Å². The second-order valence-electron chi connectivity index (χ2n) is 1.02. The first-order chi connectivity index (χ1) is 3.31. The van der Waals surface area contributed by atoms with Crippen molar-refractivity contribution in [2.75, 3.05) is 13.6 Å². The summed E-state index contributed by atoms with van der Waals surface area (Å²) in [5.41, 5.74) is 0. The first-order valence-electron chi connectivity index (χ1n) is 1.85. The molecule has 8 heavy (non-hydrogen) atoms. The second-order valence-corrected chi connectivity index (χ2v) is 1.02. The van der Waals surface area contributed by atoms with Gasteiger partial charge in [0.25, 0.3) is 0 Å². The van der Waals surface area contributed by atoms with E-state index in [1.54, 1.807) is 7.05 Å². The third-order valence-electron chi connectivity index (χ3n) is 0.453. The molecule has 0 radical (unpaired) electrons. The van der Waals surface area contributed by atoms with E-state index in [4.69, 9.17) is 0 Å². The van der Waals surface area contributed by atoms with Crippen LogP contribution in [-0.2, 0) is 9.63 Å². The Labute approximate surface area is 53.7 Å². The minimum atomic E-state index is -0.456. The van der Waals surface area contributed by atoms with E-state index in [-0.39, 0.29) is 19.0 Å². The Kier molecular flexibility index (Phi) is 8.87. The molecule has 0 amide bonds. The molecule has 0 fully saturated rings. The summed E-state index contributed by atoms with van der Waals surface area (Å²) < 4.78 is 0. The maximum atomic E-state index is 10.0. The number of nitrogens with one attached hydrogen (secondary N) is 1. The van der Waals surface area contributed by atoms with Crippen molar-refractivity contribution in [3.63, 3.8) is 0 Å². The zero-order chi connectivity index (χ0) is 5.70. The Balaban J connectivity index is 0. The fourth-order valence-corrected chi connectivity index (χ4v) is 0.186. The van der Waals surface area contributed by atoms with Crippen LogP contribution in [0.4, 0.5) is 0 Å². The lowest BCUT2D eigenvalue weighted by molar-refractivity contribution is -0.142. The van der Waals surface area contributed by atoms with Crippen LogP contribution < -0.4 is 11.2 Å². The Morgan fingerprint density at radius 3 is 2.50 bits per heavy atom. The molecular weight excluding hydrogens is 131 g/mol. The van der Waals surface area contributed by atoms with Gasteiger partial charge in [-0.2, -0.15) is 5.90 Å². The molecule has 0 aliphatic carbocycles. The highest BCUT2D eigenvalue weighted by Crippen LogP contribution is 1.60. The highest BCUT2D eigenvalue weighted by Gasteiger charge is 1.93. The fourth-order valence-electron chi connectivity index (χ4n) is 0.186. The van der Waals surface area contributed by atoms with Crippen molar-refractivity contribution in [1.29, 1.82) is 0 Å². The molecule has 0 aliphatic rings. The van der Waals surface area contributed by atoms with Crippen molar-refractivity contribution in [3.8, 4) is 0 Å². The molecule has 5 heteroatoms. The molecule has 4 nitrogen and oxygen atoms in total. The number of hydrogen-bond acceptors (Lipinski definition) is 4. The summed E-state index contributed by atoms with van der Waals surface area (Å²) in [4.78, 5) is 13.8. The molecule has 50 valence electrons. The van der Waals surface area contributed by atoms with E-state index in [0.717, 1.165) is 0 Å². The predicted molar refractivity (Wildman–Crippen MR) is 31.5 cm³/mol. The zero-order valence-corrected chi connectivity index (χ0v) is 5.33. The predicted octanol–water partition coefficient (Wildman–Crippen LogP) is -0.956. The number of halogens is 1. The van der Waals surface area contributed by atoms with Gasteiger partial charge in [0, 0.05) is 0 Å². The molecule has 0 aromatic carbocycles. The number of likely N-dealkylation sites (N-methyl/N-ethyl adjacent to an activating group) is 1. The third kappa shape index (κ3) is 5.68. The van der Waals surface area contributed by atoms with Crippen LogP contribution in [0.15, 0.2) is 0 Å². The maximum absolute atomic E-state index is 10.0. The molecule has 0 aromatic rings. The number of hydrogen-bond donors (Lipinski definition) is 2. The van der Waals surface area contributed by atoms with E-state index >= 15 is 0 Å². The van der Waals surface area contributed by atoms with E-state index in [2.05, 4.69) is 16.1 Å². The largest absolute Gasteiger partial charge is 0.372 e. The molecule has 0 saturated heterocycles. The van der Waals surface area contributed by atoms with Gasteiger partial charge in [-0.15, -0.1) is 12.4 Å². The topological polar surface area (TPSA) is 64.3 Å². The highest BCUT2D eigenvalue weighted by atomic mass is 35.5. The smallest absolute Gasteiger partial charge is 0.338 e. The van der Waals surface area contributed by atoms with Gasteiger partial charge in [0.05, 0.1) is 6.54 Å². The van der Waals surface area contributed by atoms with Crippen molar-refractivity contribution in [2.45, 2.75) is 0 Å². The average molecular weight is 141 g/mol. The summed E-state index contributed by atoms with van der Waals surface area (Å²) in [6.45, 7) is 0.163. The van der Waals surface area contributed by atoms with Gasteiger partial charge in [-0.3, -0.25) is 0 Å². The van der Waals surface area contributed by atoms with Crippen LogP contribution in [0.3, 0.4) is 0 Å². The number of carbonyl (C=O) groups excluding carboxylic acids is 1. The molecule has 0 atom stereocenters. The number of carbonyl (C=O) groups is 1. The Morgan fingerprint density at radius 1 is 1.88 bits per heavy atom. The van der Waals surface area contributed by atoms with Gasteiger partial charge in [-0.25, -0.2) is 4.79 Å². The monoisotopic (exact) mass is 140 g/mol. The molecule has 0 rings (SSSR count). The zero-order valence-electron chi connectivity index (χ0n) is 4.51. The maximum Gasteiger partial charge on any atom is 0.338 e. The standard InChI is InChI=1S/C3H8N2O2.ClH/c1-5-2-3(6)7-4;/h5H,2,4H2,1H3;1H. The molecule has 0 unspecified atom stereocenters. The lowest BCUT2D eigenvalue weighted by Crippen LogP contribution is -2.23. The van der Waals surface area contributed by atoms with E-state index < -0.39 is 5.97 Å². The quantitative estimate of drug-likeness (QED) is 0.486. The van der Waals surface area contributed by atoms with Crippen molar-refractivity contribution in [3.05, 3.63) is 0 Å². The van der Waals surface area contributed by atoms with Crippen LogP contribution >= 0.6 is 12.4 Å². The minimum absolute atomic E-state index is 0. The fraction of sp³-hybridized carbons (Fsp3) is 0.667. The van der Waals surface area contributed by atoms with E-state index in [1.165, 1.54) is 0 Å². The summed E-state index contributed by atoms with van der Waals surface area (Å²) in [7, 11) is 1.64. The minimum Gasteiger partial charge on any atom is -0.372 e. The van der Waals surface area contributed by atoms with Crippen LogP contribution in [0, 0.1) is 0 Å². The van der Waals surface area contributed by atoms with E-state index in [9.17, 15) is 4.79 Å². The van der Waals surface area contributed by atoms with Crippen molar-refractivity contribution >= 4 is 18.4 Å². The summed E-state index contributed by atoms with van der Waals surface area (Å²) in [6, 6.07) is 0. The van der Waals surface area contributed by atoms with E-state index in [0.29, 0.717) is 0 Å². The third-order valence-corrected chi connectivity index (χ3v) is 0.453. The lowest BCUT2D eigenvalue weighted by Gasteiger charge is -1.91. The molecule has 0 saturated carbocycles. The van der Waals surface area contributed by atoms with Crippen LogP contribution in [0.5, 0.6) is 0 Å². The first kappa shape index (κ1) is 10.6. The van der Waals surface area contributed by atoms with Crippen molar-refractivity contribution in [2.24, 2.45) is 5.90 Å². The SMILES string of the molecule is CNCC(=O)ON.Cl. The molecule has 0 bridgehead atoms. The highest BCUT2D eigenvalue weighted by molar-refractivity contribution is 5.85. The Hall–Kier alpha value is -0.320. The van der Waals surface area contributed by atoms with Crippen molar-refractivity contribution in [1.82, 2.24) is 5.32 Å². The molecular formula is C3H9ClN2O2. The Morgan fingerprint density at radius 2 is 2.38 bits per heavy atom. The van der Waals surface area contributed by atoms with Gasteiger partial charge >= 0.3 is 5.97 Å². The van der Waals surface area contributed by atoms with Crippen LogP contribution in [-0.4, -0.2) is 19.6 Å². The van der Waals surface area contributed by atoms with Crippen LogP contribution in [0.1, 0.15) is 0 Å². The van der Waals surface area contributed by atoms with Gasteiger partial charge in [-0.1, -0.05) is 0 Å². The number of nitrogens with two attached hydrogens (primary N) is 1. The molecule has 0 heterocycles. The van der Waals surface area contributed by atoms with E-state index in [1.807, 2.05) is 0 Å². The van der Waals surface area contributed by atoms with Gasteiger partial charge in [-0.05, 0) is 7.05 Å². The molecule has 0 aromatic heterocycles. The van der Waals surface area contributed by atoms with Crippen LogP contribution in [0.2, 0.25) is 0 Å². The van der Waals surface area contributed by atoms with Gasteiger partial charge in [0.1, 0.15) is 0 Å². The van der Waals surface area contributed by atoms with Crippen LogP contribution in [0.25, 0.3) is 0 Å². The van der Waals surface area contributed by atoms with Gasteiger partial charge in [0.2, 0.25) is 0 Å². The second kappa shape index (κ2) is 6.68. The summed E-state index contributed by atoms with van der Waals surface area (Å²) in [6.07, 6.45) is 0. The summed E-state index contributed by atoms with van der Waals surface area (Å²) >= 11 is 0. The van der Waals surface area contributed by atoms with Gasteiger partial charge < -0.3 is 10.2 Å². The summed E-state index contributed by atoms with van der Waals surface area (Å²) in [5.74, 6) is 4.01. The first-order valence-corrected chi connectivity index (χ1v) is 1.85.